The van der Waals surface area contributed by atoms with Gasteiger partial charge in [-0.05, 0) is 42.3 Å². The number of nitrogens with one attached hydrogen (secondary N) is 1. The third-order valence-corrected chi connectivity index (χ3v) is 4.24. The summed E-state index contributed by atoms with van der Waals surface area (Å²) >= 11 is 12.0. The highest BCUT2D eigenvalue weighted by Gasteiger charge is 2.08. The summed E-state index contributed by atoms with van der Waals surface area (Å²) in [6.45, 7) is 5.15. The van der Waals surface area contributed by atoms with Crippen LogP contribution in [0, 0.1) is 0 Å². The van der Waals surface area contributed by atoms with E-state index in [0.29, 0.717) is 35.6 Å². The summed E-state index contributed by atoms with van der Waals surface area (Å²) in [5.41, 5.74) is 2.07. The molecule has 0 amide bonds. The fourth-order valence-electron chi connectivity index (χ4n) is 2.25. The van der Waals surface area contributed by atoms with Crippen LogP contribution in [0.4, 0.5) is 0 Å². The Bertz CT molecular complexity index is 680. The Morgan fingerprint density at radius 3 is 2.44 bits per heavy atom. The van der Waals surface area contributed by atoms with Gasteiger partial charge in [-0.1, -0.05) is 35.3 Å². The van der Waals surface area contributed by atoms with Gasteiger partial charge in [-0.15, -0.1) is 0 Å². The normalized spacial score (nSPS) is 10.7. The molecule has 1 N–H and O–H groups in total. The van der Waals surface area contributed by atoms with Gasteiger partial charge in [-0.3, -0.25) is 0 Å². The van der Waals surface area contributed by atoms with Gasteiger partial charge in [0.25, 0.3) is 0 Å². The van der Waals surface area contributed by atoms with Crippen molar-refractivity contribution >= 4 is 23.2 Å². The zero-order chi connectivity index (χ0) is 18.1. The summed E-state index contributed by atoms with van der Waals surface area (Å²) in [4.78, 5) is 0. The molecule has 0 fully saturated rings. The van der Waals surface area contributed by atoms with Crippen LogP contribution in [0.2, 0.25) is 10.0 Å². The number of hydrogen-bond donors (Lipinski definition) is 1. The van der Waals surface area contributed by atoms with E-state index in [2.05, 4.69) is 5.32 Å². The molecule has 0 aromatic heterocycles. The lowest BCUT2D eigenvalue weighted by Crippen LogP contribution is -2.18. The van der Waals surface area contributed by atoms with E-state index in [1.54, 1.807) is 19.2 Å². The molecule has 6 heteroatoms. The fraction of sp³-hybridized carbons (Fsp3) is 0.368. The molecule has 0 unspecified atom stereocenters. The van der Waals surface area contributed by atoms with Crippen LogP contribution < -0.4 is 14.8 Å². The van der Waals surface area contributed by atoms with Crippen LogP contribution in [0.3, 0.4) is 0 Å². The van der Waals surface area contributed by atoms with Gasteiger partial charge in [-0.25, -0.2) is 0 Å². The van der Waals surface area contributed by atoms with Crippen molar-refractivity contribution in [2.24, 2.45) is 0 Å². The molecular weight excluding hydrogens is 361 g/mol. The van der Waals surface area contributed by atoms with E-state index < -0.39 is 0 Å². The first-order chi connectivity index (χ1) is 12.1. The standard InChI is InChI=1S/C19H23Cl2NO3/c1-3-24-19-11-14(12-22-8-9-23-2)5-7-18(19)25-13-15-4-6-16(20)17(21)10-15/h4-7,10-11,22H,3,8-9,12-13H2,1-2H3. The third kappa shape index (κ3) is 6.40. The molecule has 0 saturated heterocycles. The molecule has 0 spiro atoms. The zero-order valence-corrected chi connectivity index (χ0v) is 16.0. The minimum absolute atomic E-state index is 0.391. The van der Waals surface area contributed by atoms with Crippen molar-refractivity contribution in [3.63, 3.8) is 0 Å². The van der Waals surface area contributed by atoms with Gasteiger partial charge in [0.1, 0.15) is 6.61 Å². The maximum Gasteiger partial charge on any atom is 0.161 e. The molecular formula is C19H23Cl2NO3. The monoisotopic (exact) mass is 383 g/mol. The summed E-state index contributed by atoms with van der Waals surface area (Å²) in [5.74, 6) is 1.43. The lowest BCUT2D eigenvalue weighted by Gasteiger charge is -2.14. The number of ether oxygens (including phenoxy) is 3. The van der Waals surface area contributed by atoms with E-state index in [1.807, 2.05) is 31.2 Å². The van der Waals surface area contributed by atoms with Crippen molar-refractivity contribution in [1.82, 2.24) is 5.32 Å². The third-order valence-electron chi connectivity index (χ3n) is 3.50. The number of rotatable bonds is 10. The van der Waals surface area contributed by atoms with Crippen molar-refractivity contribution in [1.29, 1.82) is 0 Å². The highest BCUT2D eigenvalue weighted by Crippen LogP contribution is 2.30. The topological polar surface area (TPSA) is 39.7 Å². The second-order valence-corrected chi connectivity index (χ2v) is 6.24. The van der Waals surface area contributed by atoms with Crippen molar-refractivity contribution in [2.45, 2.75) is 20.1 Å². The quantitative estimate of drug-likeness (QED) is 0.603. The van der Waals surface area contributed by atoms with Crippen LogP contribution in [0.15, 0.2) is 36.4 Å². The maximum absolute atomic E-state index is 6.04. The van der Waals surface area contributed by atoms with Gasteiger partial charge in [-0.2, -0.15) is 0 Å². The Balaban J connectivity index is 2.01. The van der Waals surface area contributed by atoms with Crippen molar-refractivity contribution in [3.05, 3.63) is 57.6 Å². The van der Waals surface area contributed by atoms with E-state index >= 15 is 0 Å². The Kier molecular flexibility index (Phi) is 8.35. The van der Waals surface area contributed by atoms with E-state index in [-0.39, 0.29) is 0 Å². The van der Waals surface area contributed by atoms with Crippen LogP contribution in [-0.4, -0.2) is 26.9 Å². The Hall–Kier alpha value is -1.46. The molecule has 0 heterocycles. The van der Waals surface area contributed by atoms with Crippen molar-refractivity contribution in [3.8, 4) is 11.5 Å². The smallest absolute Gasteiger partial charge is 0.161 e. The van der Waals surface area contributed by atoms with E-state index in [4.69, 9.17) is 37.4 Å². The minimum atomic E-state index is 0.391. The largest absolute Gasteiger partial charge is 0.490 e. The van der Waals surface area contributed by atoms with Crippen LogP contribution >= 0.6 is 23.2 Å². The molecule has 0 saturated carbocycles. The minimum Gasteiger partial charge on any atom is -0.490 e. The summed E-state index contributed by atoms with van der Waals surface area (Å²) in [6, 6.07) is 11.4. The van der Waals surface area contributed by atoms with Crippen LogP contribution in [0.5, 0.6) is 11.5 Å². The molecule has 136 valence electrons. The second kappa shape index (κ2) is 10.5. The summed E-state index contributed by atoms with van der Waals surface area (Å²) in [7, 11) is 1.69. The average molecular weight is 384 g/mol. The van der Waals surface area contributed by atoms with Gasteiger partial charge in [0.05, 0.1) is 23.3 Å². The first kappa shape index (κ1) is 19.9. The van der Waals surface area contributed by atoms with Crippen molar-refractivity contribution < 1.29 is 14.2 Å². The Labute approximate surface area is 159 Å². The predicted octanol–water partition coefficient (Wildman–Crippen LogP) is 4.71. The summed E-state index contributed by atoms with van der Waals surface area (Å²) in [6.07, 6.45) is 0. The molecule has 25 heavy (non-hydrogen) atoms. The van der Waals surface area contributed by atoms with Gasteiger partial charge in [0.2, 0.25) is 0 Å². The molecule has 0 aliphatic heterocycles. The molecule has 2 aromatic carbocycles. The van der Waals surface area contributed by atoms with Gasteiger partial charge in [0, 0.05) is 20.2 Å². The van der Waals surface area contributed by atoms with Crippen LogP contribution in [-0.2, 0) is 17.9 Å². The maximum atomic E-state index is 6.04. The van der Waals surface area contributed by atoms with E-state index in [1.165, 1.54) is 0 Å². The Morgan fingerprint density at radius 1 is 0.920 bits per heavy atom. The molecule has 0 aliphatic rings. The van der Waals surface area contributed by atoms with Gasteiger partial charge >= 0.3 is 0 Å². The fourth-order valence-corrected chi connectivity index (χ4v) is 2.57. The van der Waals surface area contributed by atoms with E-state index in [0.717, 1.165) is 30.0 Å². The molecule has 0 aliphatic carbocycles. The van der Waals surface area contributed by atoms with Crippen molar-refractivity contribution in [2.75, 3.05) is 26.9 Å². The number of hydrogen-bond acceptors (Lipinski definition) is 4. The molecule has 2 rings (SSSR count). The summed E-state index contributed by atoms with van der Waals surface area (Å²) in [5, 5.41) is 4.36. The lowest BCUT2D eigenvalue weighted by molar-refractivity contribution is 0.199. The first-order valence-electron chi connectivity index (χ1n) is 8.16. The number of benzene rings is 2. The zero-order valence-electron chi connectivity index (χ0n) is 14.5. The van der Waals surface area contributed by atoms with E-state index in [9.17, 15) is 0 Å². The average Bonchev–Trinajstić information content (AvgIpc) is 2.61. The predicted molar refractivity (Wildman–Crippen MR) is 102 cm³/mol. The SMILES string of the molecule is CCOc1cc(CNCCOC)ccc1OCc1ccc(Cl)c(Cl)c1. The molecule has 2 aromatic rings. The van der Waals surface area contributed by atoms with Gasteiger partial charge in [0.15, 0.2) is 11.5 Å². The number of methoxy groups -OCH3 is 1. The highest BCUT2D eigenvalue weighted by molar-refractivity contribution is 6.42. The molecule has 0 bridgehead atoms. The van der Waals surface area contributed by atoms with Gasteiger partial charge < -0.3 is 19.5 Å². The second-order valence-electron chi connectivity index (χ2n) is 5.42. The number of halogens is 2. The lowest BCUT2D eigenvalue weighted by atomic mass is 10.2. The Morgan fingerprint density at radius 2 is 1.72 bits per heavy atom. The molecule has 0 radical (unpaired) electrons. The molecule has 0 atom stereocenters. The summed E-state index contributed by atoms with van der Waals surface area (Å²) < 4.78 is 16.6. The van der Waals surface area contributed by atoms with Crippen LogP contribution in [0.1, 0.15) is 18.1 Å². The van der Waals surface area contributed by atoms with Crippen LogP contribution in [0.25, 0.3) is 0 Å². The first-order valence-corrected chi connectivity index (χ1v) is 8.91. The molecule has 4 nitrogen and oxygen atoms in total. The highest BCUT2D eigenvalue weighted by atomic mass is 35.5.